The van der Waals surface area contributed by atoms with Gasteiger partial charge in [0.2, 0.25) is 0 Å². The number of nitrogen functional groups attached to an aromatic ring is 1. The number of nitrogens with two attached hydrogens (primary N) is 1. The summed E-state index contributed by atoms with van der Waals surface area (Å²) in [6.45, 7) is 2.65. The number of benzene rings is 1. The molecule has 2 N–H and O–H groups in total. The number of aromatic nitrogens is 1. The standard InChI is InChI=1S/C15H18N2OS/c1-2-18-13-6-7-14(16)15(11-13)19-10-8-12-5-3-4-9-17-12/h3-7,9,11H,2,8,10,16H2,1H3. The Bertz CT molecular complexity index is 517. The Balaban J connectivity index is 1.93. The molecule has 0 aliphatic heterocycles. The number of pyridine rings is 1. The van der Waals surface area contributed by atoms with E-state index in [2.05, 4.69) is 4.98 Å². The number of thioether (sulfide) groups is 1. The molecule has 100 valence electrons. The Hall–Kier alpha value is -1.68. The topological polar surface area (TPSA) is 48.1 Å². The van der Waals surface area contributed by atoms with E-state index in [9.17, 15) is 0 Å². The van der Waals surface area contributed by atoms with Gasteiger partial charge in [-0.05, 0) is 43.7 Å². The monoisotopic (exact) mass is 274 g/mol. The minimum Gasteiger partial charge on any atom is -0.494 e. The molecule has 0 amide bonds. The molecule has 0 aliphatic rings. The van der Waals surface area contributed by atoms with Crippen molar-refractivity contribution >= 4 is 17.4 Å². The first-order chi connectivity index (χ1) is 9.29. The highest BCUT2D eigenvalue weighted by Crippen LogP contribution is 2.29. The largest absolute Gasteiger partial charge is 0.494 e. The second-order valence-corrected chi connectivity index (χ2v) is 5.19. The summed E-state index contributed by atoms with van der Waals surface area (Å²) in [5.74, 6) is 1.83. The van der Waals surface area contributed by atoms with Gasteiger partial charge in [0, 0.05) is 28.2 Å². The molecule has 0 spiro atoms. The van der Waals surface area contributed by atoms with Gasteiger partial charge in [0.05, 0.1) is 6.61 Å². The van der Waals surface area contributed by atoms with Crippen LogP contribution in [0.5, 0.6) is 5.75 Å². The van der Waals surface area contributed by atoms with E-state index in [1.54, 1.807) is 11.8 Å². The van der Waals surface area contributed by atoms with Crippen molar-refractivity contribution in [3.05, 3.63) is 48.3 Å². The third-order valence-corrected chi connectivity index (χ3v) is 3.71. The van der Waals surface area contributed by atoms with Crippen LogP contribution in [0.4, 0.5) is 5.69 Å². The molecule has 1 aromatic carbocycles. The highest BCUT2D eigenvalue weighted by Gasteiger charge is 2.03. The fraction of sp³-hybridized carbons (Fsp3) is 0.267. The van der Waals surface area contributed by atoms with Crippen LogP contribution in [0, 0.1) is 0 Å². The summed E-state index contributed by atoms with van der Waals surface area (Å²) in [6.07, 6.45) is 2.76. The van der Waals surface area contributed by atoms with Crippen molar-refractivity contribution < 1.29 is 4.74 Å². The van der Waals surface area contributed by atoms with Crippen LogP contribution in [0.3, 0.4) is 0 Å². The first-order valence-corrected chi connectivity index (χ1v) is 7.33. The van der Waals surface area contributed by atoms with Crippen LogP contribution in [-0.2, 0) is 6.42 Å². The maximum absolute atomic E-state index is 5.97. The number of nitrogens with zero attached hydrogens (tertiary/aromatic N) is 1. The Kier molecular flexibility index (Phi) is 5.10. The number of anilines is 1. The van der Waals surface area contributed by atoms with Gasteiger partial charge in [0.15, 0.2) is 0 Å². The summed E-state index contributed by atoms with van der Waals surface area (Å²) in [5, 5.41) is 0. The lowest BCUT2D eigenvalue weighted by molar-refractivity contribution is 0.339. The van der Waals surface area contributed by atoms with Gasteiger partial charge in [-0.3, -0.25) is 4.98 Å². The van der Waals surface area contributed by atoms with Crippen molar-refractivity contribution in [1.82, 2.24) is 4.98 Å². The van der Waals surface area contributed by atoms with E-state index in [0.29, 0.717) is 6.61 Å². The molecule has 0 unspecified atom stereocenters. The van der Waals surface area contributed by atoms with Gasteiger partial charge < -0.3 is 10.5 Å². The molecule has 1 heterocycles. The van der Waals surface area contributed by atoms with E-state index in [0.717, 1.165) is 34.2 Å². The van der Waals surface area contributed by atoms with Crippen molar-refractivity contribution in [3.8, 4) is 5.75 Å². The molecule has 0 saturated heterocycles. The average molecular weight is 274 g/mol. The summed E-state index contributed by atoms with van der Waals surface area (Å²) in [5.41, 5.74) is 7.88. The second-order valence-electron chi connectivity index (χ2n) is 4.05. The molecule has 0 atom stereocenters. The van der Waals surface area contributed by atoms with E-state index in [1.165, 1.54) is 0 Å². The lowest BCUT2D eigenvalue weighted by Gasteiger charge is -2.08. The minimum absolute atomic E-state index is 0.669. The molecule has 0 bridgehead atoms. The molecule has 19 heavy (non-hydrogen) atoms. The maximum atomic E-state index is 5.97. The molecule has 1 aromatic heterocycles. The quantitative estimate of drug-likeness (QED) is 0.648. The smallest absolute Gasteiger partial charge is 0.120 e. The van der Waals surface area contributed by atoms with Gasteiger partial charge in [-0.15, -0.1) is 11.8 Å². The number of rotatable bonds is 6. The third-order valence-electron chi connectivity index (χ3n) is 2.64. The summed E-state index contributed by atoms with van der Waals surface area (Å²) < 4.78 is 5.48. The van der Waals surface area contributed by atoms with Crippen molar-refractivity contribution in [3.63, 3.8) is 0 Å². The molecule has 3 nitrogen and oxygen atoms in total. The zero-order valence-corrected chi connectivity index (χ0v) is 11.8. The number of hydrogen-bond acceptors (Lipinski definition) is 4. The Labute approximate surface area is 118 Å². The van der Waals surface area contributed by atoms with Crippen LogP contribution in [0.25, 0.3) is 0 Å². The minimum atomic E-state index is 0.669. The fourth-order valence-corrected chi connectivity index (χ4v) is 2.67. The molecule has 0 aliphatic carbocycles. The number of hydrogen-bond donors (Lipinski definition) is 1. The first-order valence-electron chi connectivity index (χ1n) is 6.34. The Morgan fingerprint density at radius 1 is 1.26 bits per heavy atom. The predicted octanol–water partition coefficient (Wildman–Crippen LogP) is 3.40. The first kappa shape index (κ1) is 13.7. The highest BCUT2D eigenvalue weighted by molar-refractivity contribution is 7.99. The van der Waals surface area contributed by atoms with Gasteiger partial charge in [-0.25, -0.2) is 0 Å². The van der Waals surface area contributed by atoms with Crippen LogP contribution in [0.15, 0.2) is 47.5 Å². The molecule has 0 fully saturated rings. The van der Waals surface area contributed by atoms with E-state index < -0.39 is 0 Å². The lowest BCUT2D eigenvalue weighted by atomic mass is 10.3. The van der Waals surface area contributed by atoms with E-state index >= 15 is 0 Å². The molecule has 0 radical (unpaired) electrons. The number of aryl methyl sites for hydroxylation is 1. The Morgan fingerprint density at radius 2 is 2.16 bits per heavy atom. The molecule has 0 saturated carbocycles. The van der Waals surface area contributed by atoms with Crippen molar-refractivity contribution in [2.45, 2.75) is 18.2 Å². The zero-order chi connectivity index (χ0) is 13.5. The molecule has 4 heteroatoms. The fourth-order valence-electron chi connectivity index (χ4n) is 1.71. The maximum Gasteiger partial charge on any atom is 0.120 e. The summed E-state index contributed by atoms with van der Waals surface area (Å²) in [6, 6.07) is 11.8. The van der Waals surface area contributed by atoms with Crippen molar-refractivity contribution in [2.24, 2.45) is 0 Å². The molecule has 2 aromatic rings. The second kappa shape index (κ2) is 7.04. The van der Waals surface area contributed by atoms with Gasteiger partial charge in [0.25, 0.3) is 0 Å². The predicted molar refractivity (Wildman–Crippen MR) is 80.7 cm³/mol. The van der Waals surface area contributed by atoms with E-state index in [1.807, 2.05) is 49.5 Å². The van der Waals surface area contributed by atoms with Crippen LogP contribution < -0.4 is 10.5 Å². The van der Waals surface area contributed by atoms with E-state index in [4.69, 9.17) is 10.5 Å². The Morgan fingerprint density at radius 3 is 2.89 bits per heavy atom. The van der Waals surface area contributed by atoms with Crippen LogP contribution in [0.2, 0.25) is 0 Å². The van der Waals surface area contributed by atoms with Gasteiger partial charge in [-0.2, -0.15) is 0 Å². The van der Waals surface area contributed by atoms with Crippen molar-refractivity contribution in [2.75, 3.05) is 18.1 Å². The summed E-state index contributed by atoms with van der Waals surface area (Å²) in [7, 11) is 0. The van der Waals surface area contributed by atoms with Gasteiger partial charge in [-0.1, -0.05) is 6.07 Å². The highest BCUT2D eigenvalue weighted by atomic mass is 32.2. The summed E-state index contributed by atoms with van der Waals surface area (Å²) in [4.78, 5) is 5.38. The van der Waals surface area contributed by atoms with Crippen LogP contribution in [0.1, 0.15) is 12.6 Å². The molecular formula is C15H18N2OS. The van der Waals surface area contributed by atoms with Gasteiger partial charge >= 0.3 is 0 Å². The summed E-state index contributed by atoms with van der Waals surface area (Å²) >= 11 is 1.74. The molecular weight excluding hydrogens is 256 g/mol. The van der Waals surface area contributed by atoms with E-state index in [-0.39, 0.29) is 0 Å². The van der Waals surface area contributed by atoms with Crippen molar-refractivity contribution in [1.29, 1.82) is 0 Å². The lowest BCUT2D eigenvalue weighted by Crippen LogP contribution is -1.96. The average Bonchev–Trinajstić information content (AvgIpc) is 2.44. The third kappa shape index (κ3) is 4.17. The van der Waals surface area contributed by atoms with Crippen LogP contribution >= 0.6 is 11.8 Å². The normalized spacial score (nSPS) is 10.4. The van der Waals surface area contributed by atoms with Crippen LogP contribution in [-0.4, -0.2) is 17.3 Å². The zero-order valence-electron chi connectivity index (χ0n) is 11.0. The van der Waals surface area contributed by atoms with Gasteiger partial charge in [0.1, 0.15) is 5.75 Å². The SMILES string of the molecule is CCOc1ccc(N)c(SCCc2ccccn2)c1. The molecule has 2 rings (SSSR count). The number of ether oxygens (including phenoxy) is 1.